The molecule has 0 aromatic heterocycles. The minimum absolute atomic E-state index is 0.196. The Labute approximate surface area is 167 Å². The second-order valence-electron chi connectivity index (χ2n) is 6.18. The van der Waals surface area contributed by atoms with Gasteiger partial charge in [0.1, 0.15) is 5.75 Å². The second-order valence-corrected chi connectivity index (χ2v) is 7.42. The fourth-order valence-electron chi connectivity index (χ4n) is 2.85. The van der Waals surface area contributed by atoms with Crippen LogP contribution in [0.3, 0.4) is 0 Å². The third-order valence-corrected chi connectivity index (χ3v) is 5.28. The number of carbonyl (C=O) groups excluding carboxylic acids is 1. The van der Waals surface area contributed by atoms with Crippen molar-refractivity contribution in [3.8, 4) is 5.75 Å². The monoisotopic (exact) mass is 432 g/mol. The van der Waals surface area contributed by atoms with Crippen molar-refractivity contribution in [2.75, 3.05) is 19.7 Å². The maximum absolute atomic E-state index is 12.4. The average molecular weight is 433 g/mol. The predicted octanol–water partition coefficient (Wildman–Crippen LogP) is 4.18. The molecule has 0 spiro atoms. The summed E-state index contributed by atoms with van der Waals surface area (Å²) in [5, 5.41) is 3.31. The molecule has 0 bridgehead atoms. The number of likely N-dealkylation sites (tertiary alicyclic amines) is 1. The zero-order chi connectivity index (χ0) is 18.4. The molecule has 0 aliphatic carbocycles. The minimum atomic E-state index is -0.196. The highest BCUT2D eigenvalue weighted by Gasteiger charge is 2.18. The highest BCUT2D eigenvalue weighted by atomic mass is 79.9. The van der Waals surface area contributed by atoms with Crippen molar-refractivity contribution in [1.29, 1.82) is 0 Å². The molecule has 0 unspecified atom stereocenters. The molecule has 6 heteroatoms. The van der Waals surface area contributed by atoms with Gasteiger partial charge in [-0.25, -0.2) is 0 Å². The van der Waals surface area contributed by atoms with Crippen LogP contribution in [0.15, 0.2) is 53.0 Å². The summed E-state index contributed by atoms with van der Waals surface area (Å²) in [5.41, 5.74) is 1.78. The summed E-state index contributed by atoms with van der Waals surface area (Å²) in [7, 11) is 0. The van der Waals surface area contributed by atoms with Crippen molar-refractivity contribution >= 4 is 39.2 Å². The smallest absolute Gasteiger partial charge is 0.257 e. The molecule has 4 nitrogen and oxygen atoms in total. The van der Waals surface area contributed by atoms with Gasteiger partial charge in [0.25, 0.3) is 5.91 Å². The molecule has 3 rings (SSSR count). The molecular formula is C20H21BrN2O2S. The third kappa shape index (κ3) is 5.05. The number of halogens is 1. The normalized spacial score (nSPS) is 13.5. The number of thiocarbonyl (C=S) groups is 1. The van der Waals surface area contributed by atoms with E-state index in [1.807, 2.05) is 29.2 Å². The lowest BCUT2D eigenvalue weighted by Gasteiger charge is -2.18. The van der Waals surface area contributed by atoms with Crippen molar-refractivity contribution in [2.24, 2.45) is 0 Å². The van der Waals surface area contributed by atoms with E-state index < -0.39 is 0 Å². The first-order valence-electron chi connectivity index (χ1n) is 8.70. The van der Waals surface area contributed by atoms with Gasteiger partial charge in [-0.3, -0.25) is 10.1 Å². The summed E-state index contributed by atoms with van der Waals surface area (Å²) in [6.45, 7) is 2.40. The first-order chi connectivity index (χ1) is 12.6. The number of rotatable bonds is 5. The van der Waals surface area contributed by atoms with Gasteiger partial charge in [-0.15, -0.1) is 0 Å². The largest absolute Gasteiger partial charge is 0.492 e. The van der Waals surface area contributed by atoms with Crippen LogP contribution in [0, 0.1) is 0 Å². The lowest BCUT2D eigenvalue weighted by Crippen LogP contribution is -2.41. The number of hydrogen-bond donors (Lipinski definition) is 1. The highest BCUT2D eigenvalue weighted by molar-refractivity contribution is 9.10. The number of carbonyl (C=O) groups is 1. The van der Waals surface area contributed by atoms with Crippen LogP contribution < -0.4 is 10.1 Å². The summed E-state index contributed by atoms with van der Waals surface area (Å²) in [5.74, 6) is 0.526. The van der Waals surface area contributed by atoms with Gasteiger partial charge in [-0.2, -0.15) is 0 Å². The van der Waals surface area contributed by atoms with Crippen LogP contribution in [0.2, 0.25) is 0 Å². The summed E-state index contributed by atoms with van der Waals surface area (Å²) in [4.78, 5) is 14.4. The standard InChI is InChI=1S/C20H21BrN2O2S/c21-17-14-16(19(24)22-20(26)23-11-4-5-12-23)8-9-18(17)25-13-10-15-6-2-1-3-7-15/h1-3,6-9,14H,4-5,10-13H2,(H,22,24,26). The number of hydrogen-bond acceptors (Lipinski definition) is 3. The summed E-state index contributed by atoms with van der Waals surface area (Å²) in [6.07, 6.45) is 3.08. The van der Waals surface area contributed by atoms with E-state index >= 15 is 0 Å². The molecule has 1 aliphatic heterocycles. The quantitative estimate of drug-likeness (QED) is 0.719. The van der Waals surface area contributed by atoms with E-state index in [1.165, 1.54) is 5.56 Å². The second kappa shape index (κ2) is 9.14. The fourth-order valence-corrected chi connectivity index (χ4v) is 3.62. The Morgan fingerprint density at radius 3 is 2.58 bits per heavy atom. The molecule has 1 heterocycles. The summed E-state index contributed by atoms with van der Waals surface area (Å²) >= 11 is 8.80. The van der Waals surface area contributed by atoms with E-state index in [0.29, 0.717) is 17.3 Å². The van der Waals surface area contributed by atoms with Crippen molar-refractivity contribution in [2.45, 2.75) is 19.3 Å². The minimum Gasteiger partial charge on any atom is -0.492 e. The number of ether oxygens (including phenoxy) is 1. The van der Waals surface area contributed by atoms with Crippen molar-refractivity contribution in [1.82, 2.24) is 10.2 Å². The highest BCUT2D eigenvalue weighted by Crippen LogP contribution is 2.26. The third-order valence-electron chi connectivity index (χ3n) is 4.30. The Kier molecular flexibility index (Phi) is 6.63. The van der Waals surface area contributed by atoms with Crippen molar-refractivity contribution in [3.63, 3.8) is 0 Å². The van der Waals surface area contributed by atoms with Gasteiger partial charge in [0, 0.05) is 25.1 Å². The fraction of sp³-hybridized carbons (Fsp3) is 0.300. The van der Waals surface area contributed by atoms with Crippen LogP contribution in [-0.2, 0) is 6.42 Å². The van der Waals surface area contributed by atoms with Gasteiger partial charge < -0.3 is 9.64 Å². The number of nitrogens with one attached hydrogen (secondary N) is 1. The van der Waals surface area contributed by atoms with E-state index in [4.69, 9.17) is 17.0 Å². The molecule has 1 amide bonds. The molecule has 1 saturated heterocycles. The van der Waals surface area contributed by atoms with Gasteiger partial charge in [0.2, 0.25) is 0 Å². The first kappa shape index (κ1) is 18.9. The van der Waals surface area contributed by atoms with Crippen LogP contribution in [-0.4, -0.2) is 35.6 Å². The Balaban J connectivity index is 1.54. The van der Waals surface area contributed by atoms with Gasteiger partial charge >= 0.3 is 0 Å². The van der Waals surface area contributed by atoms with E-state index in [1.54, 1.807) is 12.1 Å². The van der Waals surface area contributed by atoms with E-state index in [0.717, 1.165) is 42.6 Å². The SMILES string of the molecule is O=C(NC(=S)N1CCCC1)c1ccc(OCCc2ccccc2)c(Br)c1. The molecular weight excluding hydrogens is 412 g/mol. The summed E-state index contributed by atoms with van der Waals surface area (Å²) in [6, 6.07) is 15.5. The van der Waals surface area contributed by atoms with Crippen molar-refractivity contribution < 1.29 is 9.53 Å². The summed E-state index contributed by atoms with van der Waals surface area (Å²) < 4.78 is 6.58. The first-order valence-corrected chi connectivity index (χ1v) is 9.90. The zero-order valence-electron chi connectivity index (χ0n) is 14.4. The molecule has 1 N–H and O–H groups in total. The maximum atomic E-state index is 12.4. The predicted molar refractivity (Wildman–Crippen MR) is 111 cm³/mol. The Hall–Kier alpha value is -1.92. The van der Waals surface area contributed by atoms with E-state index in [-0.39, 0.29) is 5.91 Å². The molecule has 136 valence electrons. The molecule has 1 fully saturated rings. The average Bonchev–Trinajstić information content (AvgIpc) is 3.19. The molecule has 0 radical (unpaired) electrons. The van der Waals surface area contributed by atoms with Gasteiger partial charge in [0.05, 0.1) is 11.1 Å². The molecule has 0 atom stereocenters. The Morgan fingerprint density at radius 2 is 1.88 bits per heavy atom. The van der Waals surface area contributed by atoms with Gasteiger partial charge in [-0.1, -0.05) is 30.3 Å². The number of benzene rings is 2. The van der Waals surface area contributed by atoms with E-state index in [9.17, 15) is 4.79 Å². The molecule has 2 aromatic carbocycles. The zero-order valence-corrected chi connectivity index (χ0v) is 16.8. The topological polar surface area (TPSA) is 41.6 Å². The lowest BCUT2D eigenvalue weighted by molar-refractivity contribution is 0.0974. The molecule has 2 aromatic rings. The number of nitrogens with zero attached hydrogens (tertiary/aromatic N) is 1. The molecule has 1 aliphatic rings. The van der Waals surface area contributed by atoms with Crippen LogP contribution >= 0.6 is 28.1 Å². The number of amides is 1. The molecule has 26 heavy (non-hydrogen) atoms. The molecule has 0 saturated carbocycles. The van der Waals surface area contributed by atoms with Crippen LogP contribution in [0.5, 0.6) is 5.75 Å². The van der Waals surface area contributed by atoms with E-state index in [2.05, 4.69) is 33.4 Å². The van der Waals surface area contributed by atoms with Gasteiger partial charge in [0.15, 0.2) is 5.11 Å². The van der Waals surface area contributed by atoms with Crippen LogP contribution in [0.1, 0.15) is 28.8 Å². The Bertz CT molecular complexity index is 777. The lowest BCUT2D eigenvalue weighted by atomic mass is 10.2. The van der Waals surface area contributed by atoms with Crippen LogP contribution in [0.4, 0.5) is 0 Å². The van der Waals surface area contributed by atoms with Gasteiger partial charge in [-0.05, 0) is 64.8 Å². The van der Waals surface area contributed by atoms with Crippen LogP contribution in [0.25, 0.3) is 0 Å². The Morgan fingerprint density at radius 1 is 1.15 bits per heavy atom. The maximum Gasteiger partial charge on any atom is 0.257 e. The van der Waals surface area contributed by atoms with Crippen molar-refractivity contribution in [3.05, 3.63) is 64.1 Å².